The Kier molecular flexibility index (Phi) is 4.52. The lowest BCUT2D eigenvalue weighted by Gasteiger charge is -2.54. The van der Waals surface area contributed by atoms with E-state index in [0.717, 1.165) is 36.0 Å². The lowest BCUT2D eigenvalue weighted by atomic mass is 9.56. The van der Waals surface area contributed by atoms with Crippen LogP contribution in [0.5, 0.6) is 0 Å². The van der Waals surface area contributed by atoms with Crippen LogP contribution in [0.1, 0.15) is 34.8 Å². The van der Waals surface area contributed by atoms with Crippen LogP contribution in [-0.2, 0) is 21.4 Å². The summed E-state index contributed by atoms with van der Waals surface area (Å²) in [6.07, 6.45) is 1.71. The highest BCUT2D eigenvalue weighted by atomic mass is 16.2. The molecule has 3 aromatic carbocycles. The van der Waals surface area contributed by atoms with Crippen LogP contribution in [0.15, 0.2) is 84.9 Å². The zero-order valence-electron chi connectivity index (χ0n) is 19.4. The number of aromatic amines is 1. The van der Waals surface area contributed by atoms with E-state index in [1.165, 1.54) is 16.6 Å². The first-order valence-electron chi connectivity index (χ1n) is 12.5. The van der Waals surface area contributed by atoms with Crippen LogP contribution in [0.2, 0.25) is 0 Å². The smallest absolute Gasteiger partial charge is 0.241 e. The molecule has 3 aliphatic rings. The summed E-state index contributed by atoms with van der Waals surface area (Å²) in [7, 11) is 0. The number of para-hydroxylation sites is 1. The summed E-state index contributed by atoms with van der Waals surface area (Å²) in [6.45, 7) is 1.58. The van der Waals surface area contributed by atoms with Crippen LogP contribution >= 0.6 is 0 Å². The summed E-state index contributed by atoms with van der Waals surface area (Å²) in [5.74, 6) is -0.742. The van der Waals surface area contributed by atoms with Gasteiger partial charge in [0.25, 0.3) is 0 Å². The van der Waals surface area contributed by atoms with Gasteiger partial charge in [-0.1, -0.05) is 78.9 Å². The summed E-state index contributed by atoms with van der Waals surface area (Å²) in [5.41, 5.74) is 4.79. The molecule has 174 valence electrons. The maximum absolute atomic E-state index is 14.0. The molecule has 2 saturated heterocycles. The molecule has 0 aliphatic carbocycles. The van der Waals surface area contributed by atoms with E-state index >= 15 is 0 Å². The highest BCUT2D eigenvalue weighted by Gasteiger charge is 2.60. The summed E-state index contributed by atoms with van der Waals surface area (Å²) in [4.78, 5) is 33.4. The lowest BCUT2D eigenvalue weighted by molar-refractivity contribution is -0.148. The molecule has 5 heteroatoms. The quantitative estimate of drug-likeness (QED) is 0.437. The Hall–Kier alpha value is -3.70. The summed E-state index contributed by atoms with van der Waals surface area (Å²) in [6, 6.07) is 28.7. The first-order valence-corrected chi connectivity index (χ1v) is 12.5. The van der Waals surface area contributed by atoms with Crippen LogP contribution in [0.25, 0.3) is 10.9 Å². The van der Waals surface area contributed by atoms with Crippen LogP contribution in [0.3, 0.4) is 0 Å². The molecule has 3 atom stereocenters. The number of fused-ring (bicyclic) bond motifs is 6. The molecule has 1 aromatic heterocycles. The van der Waals surface area contributed by atoms with E-state index in [1.54, 1.807) is 0 Å². The van der Waals surface area contributed by atoms with Crippen molar-refractivity contribution in [2.24, 2.45) is 11.8 Å². The molecule has 3 unspecified atom stereocenters. The number of carbonyl (C=O) groups is 2. The molecule has 7 rings (SSSR count). The second-order valence-corrected chi connectivity index (χ2v) is 10.1. The maximum Gasteiger partial charge on any atom is 0.241 e. The normalized spacial score (nSPS) is 25.4. The van der Waals surface area contributed by atoms with Crippen LogP contribution in [0, 0.1) is 11.8 Å². The van der Waals surface area contributed by atoms with E-state index in [1.807, 2.05) is 60.7 Å². The molecule has 35 heavy (non-hydrogen) atoms. The third kappa shape index (κ3) is 2.85. The van der Waals surface area contributed by atoms with E-state index in [9.17, 15) is 9.59 Å². The highest BCUT2D eigenvalue weighted by molar-refractivity contribution is 6.07. The van der Waals surface area contributed by atoms with Gasteiger partial charge in [0.1, 0.15) is 5.41 Å². The fourth-order valence-corrected chi connectivity index (χ4v) is 7.11. The molecule has 2 fully saturated rings. The van der Waals surface area contributed by atoms with Gasteiger partial charge in [0, 0.05) is 29.7 Å². The molecule has 0 radical (unpaired) electrons. The van der Waals surface area contributed by atoms with Crippen LogP contribution < -0.4 is 5.32 Å². The number of piperidine rings is 2. The molecule has 2 N–H and O–H groups in total. The van der Waals surface area contributed by atoms with Gasteiger partial charge in [-0.15, -0.1) is 0 Å². The van der Waals surface area contributed by atoms with Crippen molar-refractivity contribution in [2.75, 3.05) is 13.1 Å². The van der Waals surface area contributed by atoms with E-state index in [0.29, 0.717) is 6.54 Å². The van der Waals surface area contributed by atoms with Gasteiger partial charge < -0.3 is 4.98 Å². The summed E-state index contributed by atoms with van der Waals surface area (Å²) < 4.78 is 0. The molecule has 0 bridgehead atoms. The fourth-order valence-electron chi connectivity index (χ4n) is 7.11. The largest absolute Gasteiger partial charge is 0.357 e. The Bertz CT molecular complexity index is 1400. The number of rotatable bonds is 2. The van der Waals surface area contributed by atoms with Gasteiger partial charge >= 0.3 is 0 Å². The average molecular weight is 462 g/mol. The van der Waals surface area contributed by atoms with Gasteiger partial charge in [0.05, 0.1) is 12.0 Å². The number of amides is 2. The zero-order chi connectivity index (χ0) is 23.6. The van der Waals surface area contributed by atoms with E-state index < -0.39 is 5.41 Å². The van der Waals surface area contributed by atoms with Crippen molar-refractivity contribution in [3.63, 3.8) is 0 Å². The van der Waals surface area contributed by atoms with E-state index in [-0.39, 0.29) is 29.7 Å². The second kappa shape index (κ2) is 7.65. The fraction of sp³-hybridized carbons (Fsp3) is 0.267. The predicted octanol–water partition coefficient (Wildman–Crippen LogP) is 4.35. The molecule has 4 aromatic rings. The molecule has 5 nitrogen and oxygen atoms in total. The van der Waals surface area contributed by atoms with Crippen molar-refractivity contribution in [3.8, 4) is 0 Å². The van der Waals surface area contributed by atoms with E-state index in [4.69, 9.17) is 0 Å². The Morgan fingerprint density at radius 2 is 1.49 bits per heavy atom. The average Bonchev–Trinajstić information content (AvgIpc) is 3.29. The van der Waals surface area contributed by atoms with Crippen LogP contribution in [-0.4, -0.2) is 34.8 Å². The molecule has 3 aliphatic heterocycles. The molecule has 4 heterocycles. The Labute approximate surface area is 204 Å². The number of nitrogens with zero attached hydrogens (tertiary/aromatic N) is 1. The summed E-state index contributed by atoms with van der Waals surface area (Å²) >= 11 is 0. The monoisotopic (exact) mass is 461 g/mol. The molecule has 2 amide bonds. The third-order valence-electron chi connectivity index (χ3n) is 8.61. The maximum atomic E-state index is 14.0. The molecular weight excluding hydrogens is 434 g/mol. The number of aromatic nitrogens is 1. The first-order chi connectivity index (χ1) is 17.2. The standard InChI is InChI=1S/C30H27N3O2/c34-28-23-18-33-16-15-22-21-13-7-8-14-25(21)31-27(22)26(33)17-24(23)30(29(35)32-28,19-9-3-1-4-10-19)20-11-5-2-6-12-20/h1-14,23-24,26,31H,15-18H2,(H,32,34,35). The van der Waals surface area contributed by atoms with Crippen molar-refractivity contribution in [1.29, 1.82) is 0 Å². The number of H-pyrrole nitrogens is 1. The minimum absolute atomic E-state index is 0.136. The molecule has 0 saturated carbocycles. The SMILES string of the molecule is O=C1NC(=O)C(c2ccccc2)(c2ccccc2)C2CC3c4[nH]c5ccccc5c4CCN3CC12. The van der Waals surface area contributed by atoms with Crippen molar-refractivity contribution < 1.29 is 9.59 Å². The topological polar surface area (TPSA) is 65.2 Å². The Morgan fingerprint density at radius 3 is 2.20 bits per heavy atom. The first kappa shape index (κ1) is 20.7. The number of benzene rings is 3. The number of imide groups is 1. The highest BCUT2D eigenvalue weighted by Crippen LogP contribution is 2.53. The van der Waals surface area contributed by atoms with Crippen molar-refractivity contribution in [3.05, 3.63) is 107 Å². The zero-order valence-corrected chi connectivity index (χ0v) is 19.4. The predicted molar refractivity (Wildman–Crippen MR) is 135 cm³/mol. The lowest BCUT2D eigenvalue weighted by Crippen LogP contribution is -2.66. The van der Waals surface area contributed by atoms with Crippen molar-refractivity contribution in [1.82, 2.24) is 15.2 Å². The van der Waals surface area contributed by atoms with Crippen molar-refractivity contribution >= 4 is 22.7 Å². The Balaban J connectivity index is 1.43. The van der Waals surface area contributed by atoms with Gasteiger partial charge in [-0.3, -0.25) is 19.8 Å². The van der Waals surface area contributed by atoms with Crippen LogP contribution in [0.4, 0.5) is 0 Å². The number of nitrogens with one attached hydrogen (secondary N) is 2. The Morgan fingerprint density at radius 1 is 0.829 bits per heavy atom. The summed E-state index contributed by atoms with van der Waals surface area (Å²) in [5, 5.41) is 4.08. The minimum atomic E-state index is -0.920. The van der Waals surface area contributed by atoms with Gasteiger partial charge in [-0.05, 0) is 41.5 Å². The van der Waals surface area contributed by atoms with Gasteiger partial charge in [-0.2, -0.15) is 0 Å². The number of hydrogen-bond donors (Lipinski definition) is 2. The number of hydrogen-bond acceptors (Lipinski definition) is 3. The van der Waals surface area contributed by atoms with Gasteiger partial charge in [-0.25, -0.2) is 0 Å². The van der Waals surface area contributed by atoms with Gasteiger partial charge in [0.15, 0.2) is 0 Å². The van der Waals surface area contributed by atoms with Crippen molar-refractivity contribution in [2.45, 2.75) is 24.3 Å². The third-order valence-corrected chi connectivity index (χ3v) is 8.61. The van der Waals surface area contributed by atoms with E-state index in [2.05, 4.69) is 39.5 Å². The minimum Gasteiger partial charge on any atom is -0.357 e. The number of carbonyl (C=O) groups excluding carboxylic acids is 2. The molecular formula is C30H27N3O2. The molecule has 0 spiro atoms. The van der Waals surface area contributed by atoms with Gasteiger partial charge in [0.2, 0.25) is 11.8 Å². The second-order valence-electron chi connectivity index (χ2n) is 10.1.